The first kappa shape index (κ1) is 19.0. The van der Waals surface area contributed by atoms with E-state index in [4.69, 9.17) is 23.6 Å². The molecule has 1 heterocycles. The first-order chi connectivity index (χ1) is 13.2. The third-order valence-corrected chi connectivity index (χ3v) is 4.36. The van der Waals surface area contributed by atoms with Crippen LogP contribution in [0.2, 0.25) is 0 Å². The molecule has 0 unspecified atom stereocenters. The molecule has 0 aliphatic rings. The molecule has 3 rings (SSSR count). The third-order valence-electron chi connectivity index (χ3n) is 4.36. The molecule has 142 valence electrons. The standard InChI is InChI=1S/C22H25NO4/c1-15-6-8-19-17(12-15)18(23-10-5-11-24-2)14-21(27-19)16-7-9-20(25-3)22(13-16)26-4/h6-9,12-14H,5,10-11H2,1-4H3. The van der Waals surface area contributed by atoms with Gasteiger partial charge in [0.25, 0.3) is 0 Å². The van der Waals surface area contributed by atoms with Crippen LogP contribution in [0.1, 0.15) is 12.0 Å². The molecule has 1 aromatic heterocycles. The maximum atomic E-state index is 6.16. The molecule has 0 aliphatic carbocycles. The van der Waals surface area contributed by atoms with Crippen LogP contribution in [-0.4, -0.2) is 34.5 Å². The SMILES string of the molecule is COCCCN=c1cc(-c2ccc(OC)c(OC)c2)oc2ccc(C)cc12. The van der Waals surface area contributed by atoms with E-state index in [-0.39, 0.29) is 0 Å². The Morgan fingerprint density at radius 1 is 0.926 bits per heavy atom. The number of hydrogen-bond donors (Lipinski definition) is 0. The summed E-state index contributed by atoms with van der Waals surface area (Å²) >= 11 is 0. The van der Waals surface area contributed by atoms with Gasteiger partial charge in [0.15, 0.2) is 11.5 Å². The van der Waals surface area contributed by atoms with Gasteiger partial charge in [0.1, 0.15) is 11.3 Å². The van der Waals surface area contributed by atoms with Crippen molar-refractivity contribution in [2.45, 2.75) is 13.3 Å². The topological polar surface area (TPSA) is 53.2 Å². The highest BCUT2D eigenvalue weighted by Crippen LogP contribution is 2.32. The van der Waals surface area contributed by atoms with E-state index in [2.05, 4.69) is 13.0 Å². The summed E-state index contributed by atoms with van der Waals surface area (Å²) in [5, 5.41) is 1.93. The molecule has 2 aromatic carbocycles. The van der Waals surface area contributed by atoms with Crippen LogP contribution in [0.4, 0.5) is 0 Å². The Labute approximate surface area is 159 Å². The van der Waals surface area contributed by atoms with E-state index < -0.39 is 0 Å². The Morgan fingerprint density at radius 3 is 2.48 bits per heavy atom. The third kappa shape index (κ3) is 4.31. The fourth-order valence-corrected chi connectivity index (χ4v) is 2.95. The summed E-state index contributed by atoms with van der Waals surface area (Å²) in [4.78, 5) is 4.78. The number of hydrogen-bond acceptors (Lipinski definition) is 5. The number of nitrogens with zero attached hydrogens (tertiary/aromatic N) is 1. The van der Waals surface area contributed by atoms with E-state index in [0.29, 0.717) is 24.7 Å². The molecule has 5 heteroatoms. The molecule has 0 saturated heterocycles. The zero-order chi connectivity index (χ0) is 19.2. The average Bonchev–Trinajstić information content (AvgIpc) is 2.70. The van der Waals surface area contributed by atoms with Gasteiger partial charge in [-0.3, -0.25) is 4.99 Å². The van der Waals surface area contributed by atoms with Crippen LogP contribution in [0.5, 0.6) is 11.5 Å². The van der Waals surface area contributed by atoms with Crippen LogP contribution in [0.25, 0.3) is 22.3 Å². The molecular weight excluding hydrogens is 342 g/mol. The number of rotatable bonds is 7. The Bertz CT molecular complexity index is 991. The van der Waals surface area contributed by atoms with Crippen molar-refractivity contribution in [3.63, 3.8) is 0 Å². The van der Waals surface area contributed by atoms with E-state index >= 15 is 0 Å². The Morgan fingerprint density at radius 2 is 1.74 bits per heavy atom. The van der Waals surface area contributed by atoms with Crippen molar-refractivity contribution in [2.24, 2.45) is 4.99 Å². The van der Waals surface area contributed by atoms with Crippen molar-refractivity contribution in [1.29, 1.82) is 0 Å². The Hall–Kier alpha value is -2.79. The van der Waals surface area contributed by atoms with E-state index in [0.717, 1.165) is 34.1 Å². The van der Waals surface area contributed by atoms with Gasteiger partial charge in [-0.25, -0.2) is 0 Å². The van der Waals surface area contributed by atoms with Crippen LogP contribution in [0.3, 0.4) is 0 Å². The fraction of sp³-hybridized carbons (Fsp3) is 0.318. The summed E-state index contributed by atoms with van der Waals surface area (Å²) in [5.74, 6) is 2.08. The molecule has 0 saturated carbocycles. The normalized spacial score (nSPS) is 11.8. The maximum absolute atomic E-state index is 6.16. The highest BCUT2D eigenvalue weighted by atomic mass is 16.5. The molecule has 3 aromatic rings. The minimum absolute atomic E-state index is 0.660. The molecule has 0 radical (unpaired) electrons. The maximum Gasteiger partial charge on any atom is 0.161 e. The molecule has 0 bridgehead atoms. The predicted octanol–water partition coefficient (Wildman–Crippen LogP) is 4.36. The van der Waals surface area contributed by atoms with Gasteiger partial charge in [0.2, 0.25) is 0 Å². The number of ether oxygens (including phenoxy) is 3. The lowest BCUT2D eigenvalue weighted by molar-refractivity contribution is 0.196. The molecule has 0 N–H and O–H groups in total. The summed E-state index contributed by atoms with van der Waals surface area (Å²) in [5.41, 5.74) is 2.88. The van der Waals surface area contributed by atoms with Gasteiger partial charge in [0, 0.05) is 37.3 Å². The van der Waals surface area contributed by atoms with Gasteiger partial charge >= 0.3 is 0 Å². The van der Waals surface area contributed by atoms with Crippen molar-refractivity contribution < 1.29 is 18.6 Å². The highest BCUT2D eigenvalue weighted by molar-refractivity contribution is 5.79. The van der Waals surface area contributed by atoms with E-state index in [1.807, 2.05) is 36.4 Å². The Balaban J connectivity index is 2.12. The van der Waals surface area contributed by atoms with E-state index in [1.165, 1.54) is 5.56 Å². The molecule has 27 heavy (non-hydrogen) atoms. The zero-order valence-electron chi connectivity index (χ0n) is 16.2. The lowest BCUT2D eigenvalue weighted by Crippen LogP contribution is -2.06. The Kier molecular flexibility index (Phi) is 6.14. The second-order valence-corrected chi connectivity index (χ2v) is 6.29. The van der Waals surface area contributed by atoms with Gasteiger partial charge in [0.05, 0.1) is 19.6 Å². The lowest BCUT2D eigenvalue weighted by Gasteiger charge is -2.10. The van der Waals surface area contributed by atoms with Crippen LogP contribution in [0, 0.1) is 6.92 Å². The zero-order valence-corrected chi connectivity index (χ0v) is 16.2. The number of methoxy groups -OCH3 is 3. The predicted molar refractivity (Wildman–Crippen MR) is 106 cm³/mol. The van der Waals surface area contributed by atoms with Gasteiger partial charge in [-0.05, 0) is 43.7 Å². The minimum atomic E-state index is 0.660. The molecule has 0 atom stereocenters. The van der Waals surface area contributed by atoms with Crippen LogP contribution in [-0.2, 0) is 4.74 Å². The molecule has 0 fully saturated rings. The van der Waals surface area contributed by atoms with Gasteiger partial charge in [-0.1, -0.05) is 11.6 Å². The number of fused-ring (bicyclic) bond motifs is 1. The summed E-state index contributed by atoms with van der Waals surface area (Å²) < 4.78 is 22.0. The van der Waals surface area contributed by atoms with Gasteiger partial charge in [-0.2, -0.15) is 0 Å². The monoisotopic (exact) mass is 367 g/mol. The first-order valence-electron chi connectivity index (χ1n) is 8.92. The summed E-state index contributed by atoms with van der Waals surface area (Å²) in [7, 11) is 4.95. The molecule has 5 nitrogen and oxygen atoms in total. The van der Waals surface area contributed by atoms with Crippen molar-refractivity contribution >= 4 is 11.0 Å². The summed E-state index contributed by atoms with van der Waals surface area (Å²) in [6.07, 6.45) is 0.877. The van der Waals surface area contributed by atoms with Crippen molar-refractivity contribution in [3.05, 3.63) is 53.4 Å². The molecule has 0 amide bonds. The van der Waals surface area contributed by atoms with Crippen molar-refractivity contribution in [1.82, 2.24) is 0 Å². The van der Waals surface area contributed by atoms with E-state index in [1.54, 1.807) is 21.3 Å². The summed E-state index contributed by atoms with van der Waals surface area (Å²) in [6, 6.07) is 13.9. The van der Waals surface area contributed by atoms with Crippen LogP contribution in [0.15, 0.2) is 51.9 Å². The first-order valence-corrected chi connectivity index (χ1v) is 8.92. The lowest BCUT2D eigenvalue weighted by atomic mass is 10.1. The number of benzene rings is 2. The molecular formula is C22H25NO4. The minimum Gasteiger partial charge on any atom is -0.493 e. The van der Waals surface area contributed by atoms with E-state index in [9.17, 15) is 0 Å². The highest BCUT2D eigenvalue weighted by Gasteiger charge is 2.10. The second-order valence-electron chi connectivity index (χ2n) is 6.29. The van der Waals surface area contributed by atoms with Gasteiger partial charge in [-0.15, -0.1) is 0 Å². The quantitative estimate of drug-likeness (QED) is 0.582. The van der Waals surface area contributed by atoms with Crippen LogP contribution >= 0.6 is 0 Å². The number of aryl methyl sites for hydroxylation is 1. The average molecular weight is 367 g/mol. The molecule has 0 spiro atoms. The molecule has 0 aliphatic heterocycles. The van der Waals surface area contributed by atoms with Crippen LogP contribution < -0.4 is 14.8 Å². The smallest absolute Gasteiger partial charge is 0.161 e. The largest absolute Gasteiger partial charge is 0.493 e. The van der Waals surface area contributed by atoms with Gasteiger partial charge < -0.3 is 18.6 Å². The van der Waals surface area contributed by atoms with Crippen molar-refractivity contribution in [2.75, 3.05) is 34.5 Å². The summed E-state index contributed by atoms with van der Waals surface area (Å²) in [6.45, 7) is 3.46. The van der Waals surface area contributed by atoms with Crippen molar-refractivity contribution in [3.8, 4) is 22.8 Å². The fourth-order valence-electron chi connectivity index (χ4n) is 2.95. The second kappa shape index (κ2) is 8.73.